The number of nitrogens with zero attached hydrogens (tertiary/aromatic N) is 5. The van der Waals surface area contributed by atoms with Gasteiger partial charge in [-0.25, -0.2) is 9.07 Å². The first-order valence-electron chi connectivity index (χ1n) is 13.4. The summed E-state index contributed by atoms with van der Waals surface area (Å²) in [5.74, 6) is 3.85. The van der Waals surface area contributed by atoms with Crippen LogP contribution in [0.4, 0.5) is 4.39 Å². The van der Waals surface area contributed by atoms with E-state index in [1.807, 2.05) is 19.9 Å². The first-order chi connectivity index (χ1) is 19.1. The number of benzene rings is 1. The number of rotatable bonds is 6. The fourth-order valence-corrected chi connectivity index (χ4v) is 8.13. The van der Waals surface area contributed by atoms with E-state index in [0.717, 1.165) is 34.5 Å². The second-order valence-electron chi connectivity index (χ2n) is 11.2. The molecule has 7 nitrogen and oxygen atoms in total. The average molecular weight is 558 g/mol. The molecule has 0 aliphatic heterocycles. The van der Waals surface area contributed by atoms with Gasteiger partial charge in [0.1, 0.15) is 11.5 Å². The molecule has 9 heteroatoms. The Morgan fingerprint density at radius 3 is 2.60 bits per heavy atom. The Labute approximate surface area is 233 Å². The molecule has 6 rings (SSSR count). The lowest BCUT2D eigenvalue weighted by Gasteiger charge is -2.45. The normalized spacial score (nSPS) is 22.5. The molecule has 40 heavy (non-hydrogen) atoms. The van der Waals surface area contributed by atoms with E-state index in [2.05, 4.69) is 27.1 Å². The van der Waals surface area contributed by atoms with E-state index in [-0.39, 0.29) is 22.8 Å². The summed E-state index contributed by atoms with van der Waals surface area (Å²) in [5.41, 5.74) is 4.24. The standard InChI is InChI=1S/C31H32FN5O2S/c1-20-5-12-28(33-16-20)30(38)31-14-22(21(2)40(4,39)27-18-34-36(3)19-27)6-7-24(31)13-29-23(15-31)17-35-37(29)26-10-8-25(32)9-11-26/h5,8-13,16-19,21-22H,4,6-7,14-15H2,1-3H3/t21-,22+,31-,40?/m1/s1. The fraction of sp³-hybridized carbons (Fsp3) is 0.323. The number of allylic oxidation sites excluding steroid dienone is 1. The van der Waals surface area contributed by atoms with E-state index in [0.29, 0.717) is 29.9 Å². The Morgan fingerprint density at radius 2 is 1.93 bits per heavy atom. The molecule has 0 amide bonds. The number of aryl methyl sites for hydroxylation is 2. The number of carbonyl (C=O) groups is 1. The SMILES string of the molecule is C=S(=O)(c1cnn(C)c1)[C@H](C)[C@H]1CCC2=Cc3c(cnn3-c3ccc(F)cc3)C[C@]2(C(=O)c2ccc(C)cn2)C1. The van der Waals surface area contributed by atoms with E-state index in [9.17, 15) is 13.4 Å². The third-order valence-electron chi connectivity index (χ3n) is 8.69. The van der Waals surface area contributed by atoms with Gasteiger partial charge in [-0.1, -0.05) is 18.6 Å². The summed E-state index contributed by atoms with van der Waals surface area (Å²) in [6.45, 7) is 3.94. The van der Waals surface area contributed by atoms with Crippen LogP contribution in [0.25, 0.3) is 11.8 Å². The Kier molecular flexibility index (Phi) is 6.37. The van der Waals surface area contributed by atoms with Gasteiger partial charge in [-0.15, -0.1) is 0 Å². The topological polar surface area (TPSA) is 82.7 Å². The summed E-state index contributed by atoms with van der Waals surface area (Å²) >= 11 is 0. The smallest absolute Gasteiger partial charge is 0.191 e. The Balaban J connectivity index is 1.42. The van der Waals surface area contributed by atoms with Crippen LogP contribution in [0.1, 0.15) is 53.5 Å². The van der Waals surface area contributed by atoms with Gasteiger partial charge in [0.2, 0.25) is 0 Å². The predicted molar refractivity (Wildman–Crippen MR) is 154 cm³/mol. The van der Waals surface area contributed by atoms with Crippen LogP contribution in [-0.2, 0) is 23.0 Å². The molecule has 0 spiro atoms. The van der Waals surface area contributed by atoms with Crippen molar-refractivity contribution in [1.29, 1.82) is 0 Å². The van der Waals surface area contributed by atoms with Crippen LogP contribution in [0.5, 0.6) is 0 Å². The molecular weight excluding hydrogens is 525 g/mol. The molecule has 3 aromatic heterocycles. The molecule has 1 saturated carbocycles. The average Bonchev–Trinajstić information content (AvgIpc) is 3.57. The zero-order valence-corrected chi connectivity index (χ0v) is 23.7. The number of aromatic nitrogens is 5. The number of pyridine rings is 1. The summed E-state index contributed by atoms with van der Waals surface area (Å²) < 4.78 is 31.1. The van der Waals surface area contributed by atoms with Gasteiger partial charge in [0.05, 0.1) is 34.1 Å². The van der Waals surface area contributed by atoms with Crippen molar-refractivity contribution in [2.45, 2.75) is 49.7 Å². The zero-order valence-electron chi connectivity index (χ0n) is 22.9. The van der Waals surface area contributed by atoms with Crippen molar-refractivity contribution in [3.05, 3.63) is 95.1 Å². The Morgan fingerprint density at radius 1 is 1.15 bits per heavy atom. The molecule has 0 N–H and O–H groups in total. The summed E-state index contributed by atoms with van der Waals surface area (Å²) in [6.07, 6.45) is 11.5. The number of fused-ring (bicyclic) bond motifs is 2. The lowest BCUT2D eigenvalue weighted by atomic mass is 9.58. The van der Waals surface area contributed by atoms with Crippen molar-refractivity contribution >= 4 is 27.3 Å². The van der Waals surface area contributed by atoms with Gasteiger partial charge in [0.15, 0.2) is 5.78 Å². The maximum Gasteiger partial charge on any atom is 0.191 e. The van der Waals surface area contributed by atoms with Gasteiger partial charge in [-0.05, 0) is 91.9 Å². The summed E-state index contributed by atoms with van der Waals surface area (Å²) in [4.78, 5) is 19.6. The van der Waals surface area contributed by atoms with E-state index >= 15 is 0 Å². The molecule has 2 aliphatic carbocycles. The lowest BCUT2D eigenvalue weighted by molar-refractivity contribution is 0.0754. The first-order valence-corrected chi connectivity index (χ1v) is 15.2. The largest absolute Gasteiger partial charge is 0.291 e. The van der Waals surface area contributed by atoms with Crippen LogP contribution >= 0.6 is 0 Å². The number of carbonyl (C=O) groups excluding carboxylic acids is 1. The molecule has 1 fully saturated rings. The van der Waals surface area contributed by atoms with Gasteiger partial charge < -0.3 is 0 Å². The minimum Gasteiger partial charge on any atom is -0.291 e. The van der Waals surface area contributed by atoms with Crippen LogP contribution < -0.4 is 0 Å². The van der Waals surface area contributed by atoms with Crippen LogP contribution in [0.3, 0.4) is 0 Å². The third-order valence-corrected chi connectivity index (χ3v) is 11.3. The highest BCUT2D eigenvalue weighted by Gasteiger charge is 2.51. The molecule has 4 atom stereocenters. The predicted octanol–water partition coefficient (Wildman–Crippen LogP) is 5.22. The molecule has 3 heterocycles. The summed E-state index contributed by atoms with van der Waals surface area (Å²) in [5, 5.41) is 8.59. The van der Waals surface area contributed by atoms with Crippen LogP contribution in [-0.4, -0.2) is 45.7 Å². The number of hydrogen-bond acceptors (Lipinski definition) is 5. The highest BCUT2D eigenvalue weighted by molar-refractivity contribution is 8.00. The van der Waals surface area contributed by atoms with Crippen molar-refractivity contribution in [2.24, 2.45) is 18.4 Å². The van der Waals surface area contributed by atoms with Crippen molar-refractivity contribution in [2.75, 3.05) is 0 Å². The molecule has 0 radical (unpaired) electrons. The van der Waals surface area contributed by atoms with E-state index < -0.39 is 14.9 Å². The second kappa shape index (κ2) is 9.66. The van der Waals surface area contributed by atoms with Crippen LogP contribution in [0, 0.1) is 24.1 Å². The van der Waals surface area contributed by atoms with Crippen LogP contribution in [0.15, 0.2) is 71.7 Å². The molecule has 2 aliphatic rings. The summed E-state index contributed by atoms with van der Waals surface area (Å²) in [7, 11) is -0.850. The fourth-order valence-electron chi connectivity index (χ4n) is 6.29. The van der Waals surface area contributed by atoms with Crippen molar-refractivity contribution in [3.8, 4) is 5.69 Å². The number of ketones is 1. The summed E-state index contributed by atoms with van der Waals surface area (Å²) in [6, 6.07) is 9.95. The molecule has 1 aromatic carbocycles. The van der Waals surface area contributed by atoms with E-state index in [1.54, 1.807) is 59.4 Å². The number of Topliss-reactive ketones (excluding diaryl/α,β-unsaturated/α-hetero) is 1. The molecule has 4 aromatic rings. The minimum atomic E-state index is -2.65. The van der Waals surface area contributed by atoms with Crippen molar-refractivity contribution in [3.63, 3.8) is 0 Å². The maximum atomic E-state index is 14.4. The van der Waals surface area contributed by atoms with Gasteiger partial charge in [0.25, 0.3) is 0 Å². The second-order valence-corrected chi connectivity index (χ2v) is 13.9. The minimum absolute atomic E-state index is 0.00504. The van der Waals surface area contributed by atoms with E-state index in [1.165, 1.54) is 12.1 Å². The van der Waals surface area contributed by atoms with Gasteiger partial charge in [0, 0.05) is 34.2 Å². The number of halogens is 1. The first kappa shape index (κ1) is 26.4. The van der Waals surface area contributed by atoms with Gasteiger partial charge in [-0.2, -0.15) is 10.2 Å². The van der Waals surface area contributed by atoms with Crippen LogP contribution in [0.2, 0.25) is 0 Å². The quantitative estimate of drug-likeness (QED) is 0.240. The van der Waals surface area contributed by atoms with Gasteiger partial charge in [-0.3, -0.25) is 18.7 Å². The monoisotopic (exact) mass is 557 g/mol. The third kappa shape index (κ3) is 4.33. The Hall–Kier alpha value is -3.85. The highest BCUT2D eigenvalue weighted by atomic mass is 32.2. The lowest BCUT2D eigenvalue weighted by Crippen LogP contribution is -2.45. The molecule has 1 unspecified atom stereocenters. The molecular formula is C31H32FN5O2S. The van der Waals surface area contributed by atoms with Crippen molar-refractivity contribution < 1.29 is 13.4 Å². The van der Waals surface area contributed by atoms with E-state index in [4.69, 9.17) is 0 Å². The zero-order chi connectivity index (χ0) is 28.2. The molecule has 0 saturated heterocycles. The molecule has 206 valence electrons. The van der Waals surface area contributed by atoms with Crippen molar-refractivity contribution in [1.82, 2.24) is 24.5 Å². The highest BCUT2D eigenvalue weighted by Crippen LogP contribution is 2.53. The maximum absolute atomic E-state index is 14.4. The van der Waals surface area contributed by atoms with Gasteiger partial charge >= 0.3 is 0 Å². The number of hydrogen-bond donors (Lipinski definition) is 0. The Bertz CT molecular complexity index is 1730. The molecule has 0 bridgehead atoms.